The predicted molar refractivity (Wildman–Crippen MR) is 158 cm³/mol. The first-order chi connectivity index (χ1) is 19.5. The van der Waals surface area contributed by atoms with E-state index in [1.807, 2.05) is 0 Å². The fraction of sp³-hybridized carbons (Fsp3) is 0.519. The van der Waals surface area contributed by atoms with Gasteiger partial charge in [-0.2, -0.15) is 0 Å². The van der Waals surface area contributed by atoms with Crippen molar-refractivity contribution >= 4 is 67.1 Å². The molecule has 0 radical (unpaired) electrons. The van der Waals surface area contributed by atoms with Gasteiger partial charge in [-0.15, -0.1) is 0 Å². The summed E-state index contributed by atoms with van der Waals surface area (Å²) in [6.45, 7) is 6.20. The lowest BCUT2D eigenvalue weighted by atomic mass is 10.0. The van der Waals surface area contributed by atoms with Gasteiger partial charge in [0.25, 0.3) is 11.8 Å². The van der Waals surface area contributed by atoms with Crippen molar-refractivity contribution in [2.75, 3.05) is 38.3 Å². The molecule has 2 atom stereocenters. The molecule has 0 unspecified atom stereocenters. The molecule has 0 aromatic heterocycles. The molecule has 1 aliphatic rings. The predicted octanol–water partition coefficient (Wildman–Crippen LogP) is 1.95. The zero-order chi connectivity index (χ0) is 30.5. The maximum absolute atomic E-state index is 12.8. The zero-order valence-corrected chi connectivity index (χ0v) is 26.4. The summed E-state index contributed by atoms with van der Waals surface area (Å²) < 4.78 is 11.3. The van der Waals surface area contributed by atoms with Crippen molar-refractivity contribution in [3.63, 3.8) is 0 Å². The van der Waals surface area contributed by atoms with Crippen LogP contribution in [-0.4, -0.2) is 84.6 Å². The molecule has 0 saturated heterocycles. The number of anilines is 1. The van der Waals surface area contributed by atoms with Crippen LogP contribution >= 0.6 is 31.9 Å². The summed E-state index contributed by atoms with van der Waals surface area (Å²) in [4.78, 5) is 62.6. The third-order valence-corrected chi connectivity index (χ3v) is 7.99. The van der Waals surface area contributed by atoms with E-state index in [1.54, 1.807) is 45.0 Å². The van der Waals surface area contributed by atoms with Crippen molar-refractivity contribution in [3.05, 3.63) is 38.8 Å². The van der Waals surface area contributed by atoms with Crippen molar-refractivity contribution < 1.29 is 38.6 Å². The molecule has 41 heavy (non-hydrogen) atoms. The van der Waals surface area contributed by atoms with Crippen LogP contribution in [0.4, 0.5) is 5.69 Å². The fourth-order valence-corrected chi connectivity index (χ4v) is 4.37. The number of halogens is 2. The molecule has 12 nitrogen and oxygen atoms in total. The van der Waals surface area contributed by atoms with Gasteiger partial charge in [-0.05, 0) is 68.8 Å². The van der Waals surface area contributed by atoms with Gasteiger partial charge in [-0.1, -0.05) is 26.0 Å². The van der Waals surface area contributed by atoms with Gasteiger partial charge in [0.15, 0.2) is 0 Å². The molecule has 5 amide bonds. The molecule has 1 aromatic carbocycles. The van der Waals surface area contributed by atoms with Crippen LogP contribution in [0.25, 0.3) is 0 Å². The van der Waals surface area contributed by atoms with E-state index in [1.165, 1.54) is 0 Å². The lowest BCUT2D eigenvalue weighted by Crippen LogP contribution is -2.53. The van der Waals surface area contributed by atoms with Crippen LogP contribution in [0.3, 0.4) is 0 Å². The van der Waals surface area contributed by atoms with Gasteiger partial charge in [-0.3, -0.25) is 28.9 Å². The zero-order valence-electron chi connectivity index (χ0n) is 23.2. The van der Waals surface area contributed by atoms with E-state index in [-0.39, 0.29) is 53.6 Å². The summed E-state index contributed by atoms with van der Waals surface area (Å²) in [6.07, 6.45) is 0.602. The number of rotatable bonds is 17. The van der Waals surface area contributed by atoms with Gasteiger partial charge >= 0.3 is 0 Å². The minimum atomic E-state index is -0.847. The van der Waals surface area contributed by atoms with Crippen molar-refractivity contribution in [1.82, 2.24) is 15.5 Å². The Labute approximate surface area is 255 Å². The summed E-state index contributed by atoms with van der Waals surface area (Å²) in [5, 5.41) is 17.2. The smallest absolute Gasteiger partial charge is 0.269 e. The first-order valence-electron chi connectivity index (χ1n) is 13.1. The number of amides is 5. The number of hydrogen-bond donors (Lipinski definition) is 4. The van der Waals surface area contributed by atoms with Gasteiger partial charge in [0.2, 0.25) is 17.7 Å². The largest absolute Gasteiger partial charge is 0.392 e. The molecule has 14 heteroatoms. The number of aliphatic hydroxyl groups excluding tert-OH is 1. The third-order valence-electron chi connectivity index (χ3n) is 5.99. The topological polar surface area (TPSA) is 163 Å². The van der Waals surface area contributed by atoms with Crippen LogP contribution in [0.5, 0.6) is 0 Å². The van der Waals surface area contributed by atoms with Gasteiger partial charge in [0, 0.05) is 25.3 Å². The highest BCUT2D eigenvalue weighted by Gasteiger charge is 2.35. The lowest BCUT2D eigenvalue weighted by molar-refractivity contribution is -0.138. The number of aliphatic hydroxyl groups is 1. The van der Waals surface area contributed by atoms with E-state index < -0.39 is 35.7 Å². The Morgan fingerprint density at radius 1 is 0.878 bits per heavy atom. The molecule has 1 aromatic rings. The van der Waals surface area contributed by atoms with Gasteiger partial charge in [0.1, 0.15) is 21.0 Å². The van der Waals surface area contributed by atoms with Crippen molar-refractivity contribution in [3.8, 4) is 0 Å². The van der Waals surface area contributed by atoms with E-state index in [0.29, 0.717) is 30.9 Å². The average Bonchev–Trinajstić information content (AvgIpc) is 3.12. The monoisotopic (exact) mass is 702 g/mol. The highest BCUT2D eigenvalue weighted by atomic mass is 79.9. The minimum Gasteiger partial charge on any atom is -0.392 e. The first-order valence-corrected chi connectivity index (χ1v) is 14.7. The Morgan fingerprint density at radius 2 is 1.46 bits per heavy atom. The Balaban J connectivity index is 1.62. The Bertz CT molecular complexity index is 1100. The normalized spacial score (nSPS) is 14.9. The van der Waals surface area contributed by atoms with Gasteiger partial charge < -0.3 is 30.5 Å². The highest BCUT2D eigenvalue weighted by Crippen LogP contribution is 2.29. The summed E-state index contributed by atoms with van der Waals surface area (Å²) in [5.41, 5.74) is 1.24. The number of hydrogen-bond acceptors (Lipinski definition) is 8. The van der Waals surface area contributed by atoms with Gasteiger partial charge in [-0.25, -0.2) is 0 Å². The second kappa shape index (κ2) is 17.3. The van der Waals surface area contributed by atoms with E-state index in [2.05, 4.69) is 47.8 Å². The summed E-state index contributed by atoms with van der Waals surface area (Å²) in [5.74, 6) is -2.30. The molecule has 2 rings (SSSR count). The second-order valence-corrected chi connectivity index (χ2v) is 11.2. The number of ether oxygens (including phenoxy) is 2. The SMILES string of the molecule is CC(C)[C@H](NC(=O)CCOCCCOCCN1C(=O)C(Br)=C(Br)C1=O)C(=O)N[C@@H](C)C(=O)Nc1ccc(CO)cc1. The Kier molecular flexibility index (Phi) is 14.6. The number of nitrogens with one attached hydrogen (secondary N) is 3. The van der Waals surface area contributed by atoms with Crippen LogP contribution in [0.1, 0.15) is 39.2 Å². The van der Waals surface area contributed by atoms with E-state index in [4.69, 9.17) is 14.6 Å². The number of carbonyl (C=O) groups is 5. The van der Waals surface area contributed by atoms with Crippen molar-refractivity contribution in [2.24, 2.45) is 5.92 Å². The molecule has 0 fully saturated rings. The quantitative estimate of drug-likeness (QED) is 0.141. The molecule has 226 valence electrons. The number of nitrogens with zero attached hydrogens (tertiary/aromatic N) is 1. The van der Waals surface area contributed by atoms with Crippen LogP contribution < -0.4 is 16.0 Å². The van der Waals surface area contributed by atoms with Crippen LogP contribution in [0.2, 0.25) is 0 Å². The van der Waals surface area contributed by atoms with Crippen LogP contribution in [-0.2, 0) is 40.1 Å². The molecule has 1 aliphatic heterocycles. The van der Waals surface area contributed by atoms with Crippen LogP contribution in [0, 0.1) is 5.92 Å². The standard InChI is InChI=1S/C27H36Br2N4O8/c1-16(2)23(25(37)30-17(3)24(36)31-19-7-5-18(15-34)6-8-19)32-20(35)9-13-40-11-4-12-41-14-10-33-26(38)21(28)22(29)27(33)39/h5-8,16-17,23,34H,4,9-15H2,1-3H3,(H,30,37)(H,31,36)(H,32,35)/t17-,23-/m0/s1. The molecule has 4 N–H and O–H groups in total. The lowest BCUT2D eigenvalue weighted by Gasteiger charge is -2.24. The number of carbonyl (C=O) groups excluding carboxylic acids is 5. The highest BCUT2D eigenvalue weighted by molar-refractivity contribution is 9.14. The maximum atomic E-state index is 12.8. The second-order valence-electron chi connectivity index (χ2n) is 9.58. The summed E-state index contributed by atoms with van der Waals surface area (Å²) in [6, 6.07) is 5.00. The van der Waals surface area contributed by atoms with E-state index in [0.717, 1.165) is 4.90 Å². The number of imide groups is 1. The molecular formula is C27H36Br2N4O8. The Hall–Kier alpha value is -2.65. The summed E-state index contributed by atoms with van der Waals surface area (Å²) >= 11 is 6.14. The van der Waals surface area contributed by atoms with Crippen LogP contribution in [0.15, 0.2) is 33.2 Å². The Morgan fingerprint density at radius 3 is 2.02 bits per heavy atom. The molecule has 0 spiro atoms. The van der Waals surface area contributed by atoms with E-state index in [9.17, 15) is 24.0 Å². The average molecular weight is 704 g/mol. The third kappa shape index (κ3) is 10.9. The molecule has 1 heterocycles. The van der Waals surface area contributed by atoms with Crippen molar-refractivity contribution in [2.45, 2.75) is 52.3 Å². The molecule has 0 bridgehead atoms. The fourth-order valence-electron chi connectivity index (χ4n) is 3.60. The maximum Gasteiger partial charge on any atom is 0.269 e. The minimum absolute atomic E-state index is 0.0488. The van der Waals surface area contributed by atoms with E-state index >= 15 is 0 Å². The molecule has 0 aliphatic carbocycles. The molecule has 0 saturated carbocycles. The van der Waals surface area contributed by atoms with Gasteiger partial charge in [0.05, 0.1) is 26.4 Å². The van der Waals surface area contributed by atoms with Crippen molar-refractivity contribution in [1.29, 1.82) is 0 Å². The first kappa shape index (κ1) is 34.6. The molecular weight excluding hydrogens is 668 g/mol. The number of benzene rings is 1. The summed E-state index contributed by atoms with van der Waals surface area (Å²) in [7, 11) is 0.